The SMILES string of the molecule is CC(NC(=O)C1(C)CCCN1)c1ccc(S(C)(=O)=O)cc1. The molecule has 6 heteroatoms. The normalized spacial score (nSPS) is 23.8. The van der Waals surface area contributed by atoms with Crippen LogP contribution in [0.4, 0.5) is 0 Å². The molecule has 116 valence electrons. The summed E-state index contributed by atoms with van der Waals surface area (Å²) in [5.41, 5.74) is 0.387. The Balaban J connectivity index is 2.06. The van der Waals surface area contributed by atoms with Crippen molar-refractivity contribution in [2.24, 2.45) is 0 Å². The van der Waals surface area contributed by atoms with E-state index in [-0.39, 0.29) is 16.8 Å². The largest absolute Gasteiger partial charge is 0.348 e. The summed E-state index contributed by atoms with van der Waals surface area (Å²) in [7, 11) is -3.19. The Kier molecular flexibility index (Phi) is 4.39. The second-order valence-corrected chi connectivity index (χ2v) is 7.91. The zero-order chi connectivity index (χ0) is 15.7. The van der Waals surface area contributed by atoms with Crippen molar-refractivity contribution >= 4 is 15.7 Å². The molecular weight excluding hydrogens is 288 g/mol. The molecular formula is C15H22N2O3S. The molecule has 0 aliphatic carbocycles. The molecule has 21 heavy (non-hydrogen) atoms. The number of sulfone groups is 1. The number of benzene rings is 1. The molecule has 1 fully saturated rings. The summed E-state index contributed by atoms with van der Waals surface area (Å²) in [5.74, 6) is -0.0142. The molecule has 2 rings (SSSR count). The second-order valence-electron chi connectivity index (χ2n) is 5.90. The van der Waals surface area contributed by atoms with Crippen LogP contribution in [0.1, 0.15) is 38.3 Å². The van der Waals surface area contributed by atoms with Crippen molar-refractivity contribution in [3.63, 3.8) is 0 Å². The van der Waals surface area contributed by atoms with Gasteiger partial charge in [-0.25, -0.2) is 8.42 Å². The zero-order valence-electron chi connectivity index (χ0n) is 12.6. The fraction of sp³-hybridized carbons (Fsp3) is 0.533. The Morgan fingerprint density at radius 1 is 1.33 bits per heavy atom. The highest BCUT2D eigenvalue weighted by atomic mass is 32.2. The lowest BCUT2D eigenvalue weighted by atomic mass is 9.98. The van der Waals surface area contributed by atoms with E-state index >= 15 is 0 Å². The van der Waals surface area contributed by atoms with Crippen LogP contribution in [0.5, 0.6) is 0 Å². The Morgan fingerprint density at radius 2 is 1.95 bits per heavy atom. The number of nitrogens with one attached hydrogen (secondary N) is 2. The van der Waals surface area contributed by atoms with Gasteiger partial charge in [-0.2, -0.15) is 0 Å². The quantitative estimate of drug-likeness (QED) is 0.882. The summed E-state index contributed by atoms with van der Waals surface area (Å²) in [6, 6.07) is 6.47. The first-order valence-electron chi connectivity index (χ1n) is 7.08. The second kappa shape index (κ2) is 5.77. The maximum Gasteiger partial charge on any atom is 0.240 e. The van der Waals surface area contributed by atoms with E-state index < -0.39 is 15.4 Å². The topological polar surface area (TPSA) is 75.3 Å². The Morgan fingerprint density at radius 3 is 2.43 bits per heavy atom. The molecule has 0 bridgehead atoms. The van der Waals surface area contributed by atoms with Crippen molar-refractivity contribution < 1.29 is 13.2 Å². The van der Waals surface area contributed by atoms with E-state index in [1.807, 2.05) is 13.8 Å². The molecule has 2 N–H and O–H groups in total. The van der Waals surface area contributed by atoms with Crippen molar-refractivity contribution in [1.82, 2.24) is 10.6 Å². The van der Waals surface area contributed by atoms with Gasteiger partial charge < -0.3 is 10.6 Å². The van der Waals surface area contributed by atoms with Crippen LogP contribution in [-0.2, 0) is 14.6 Å². The van der Waals surface area contributed by atoms with E-state index in [0.29, 0.717) is 0 Å². The van der Waals surface area contributed by atoms with Gasteiger partial charge in [0.25, 0.3) is 0 Å². The summed E-state index contributed by atoms with van der Waals surface area (Å²) in [5, 5.41) is 6.21. The first-order chi connectivity index (χ1) is 9.72. The lowest BCUT2D eigenvalue weighted by molar-refractivity contribution is -0.127. The third kappa shape index (κ3) is 3.63. The molecule has 1 aromatic carbocycles. The summed E-state index contributed by atoms with van der Waals surface area (Å²) < 4.78 is 22.9. The summed E-state index contributed by atoms with van der Waals surface area (Å²) in [6.07, 6.45) is 3.01. The lowest BCUT2D eigenvalue weighted by Crippen LogP contribution is -2.51. The molecule has 1 amide bonds. The van der Waals surface area contributed by atoms with Crippen molar-refractivity contribution in [2.75, 3.05) is 12.8 Å². The highest BCUT2D eigenvalue weighted by molar-refractivity contribution is 7.90. The summed E-state index contributed by atoms with van der Waals surface area (Å²) in [4.78, 5) is 12.6. The minimum atomic E-state index is -3.19. The monoisotopic (exact) mass is 310 g/mol. The van der Waals surface area contributed by atoms with Crippen LogP contribution in [0.2, 0.25) is 0 Å². The van der Waals surface area contributed by atoms with E-state index in [1.165, 1.54) is 6.26 Å². The smallest absolute Gasteiger partial charge is 0.240 e. The van der Waals surface area contributed by atoms with Crippen LogP contribution in [0, 0.1) is 0 Å². The van der Waals surface area contributed by atoms with Crippen LogP contribution in [-0.4, -0.2) is 32.7 Å². The third-order valence-corrected chi connectivity index (χ3v) is 5.15. The third-order valence-electron chi connectivity index (χ3n) is 4.03. The highest BCUT2D eigenvalue weighted by Gasteiger charge is 2.36. The van der Waals surface area contributed by atoms with E-state index in [1.54, 1.807) is 24.3 Å². The number of carbonyl (C=O) groups excluding carboxylic acids is 1. The first kappa shape index (κ1) is 16.0. The van der Waals surface area contributed by atoms with E-state index in [4.69, 9.17) is 0 Å². The minimum Gasteiger partial charge on any atom is -0.348 e. The van der Waals surface area contributed by atoms with Gasteiger partial charge >= 0.3 is 0 Å². The Hall–Kier alpha value is -1.40. The molecule has 0 spiro atoms. The predicted molar refractivity (Wildman–Crippen MR) is 81.8 cm³/mol. The van der Waals surface area contributed by atoms with Crippen LogP contribution in [0.3, 0.4) is 0 Å². The van der Waals surface area contributed by atoms with Crippen molar-refractivity contribution in [3.8, 4) is 0 Å². The van der Waals surface area contributed by atoms with Gasteiger partial charge in [0.1, 0.15) is 0 Å². The van der Waals surface area contributed by atoms with Crippen molar-refractivity contribution in [3.05, 3.63) is 29.8 Å². The molecule has 1 aromatic rings. The number of rotatable bonds is 4. The van der Waals surface area contributed by atoms with Crippen LogP contribution >= 0.6 is 0 Å². The van der Waals surface area contributed by atoms with Crippen molar-refractivity contribution in [2.45, 2.75) is 43.2 Å². The van der Waals surface area contributed by atoms with Gasteiger partial charge in [0.05, 0.1) is 16.5 Å². The summed E-state index contributed by atoms with van der Waals surface area (Å²) >= 11 is 0. The molecule has 0 radical (unpaired) electrons. The number of hydrogen-bond acceptors (Lipinski definition) is 4. The van der Waals surface area contributed by atoms with Gasteiger partial charge in [0.2, 0.25) is 5.91 Å². The standard InChI is InChI=1S/C15H22N2O3S/c1-11(17-14(18)15(2)9-4-10-16-15)12-5-7-13(8-6-12)21(3,19)20/h5-8,11,16H,4,9-10H2,1-3H3,(H,17,18). The maximum atomic E-state index is 12.3. The maximum absolute atomic E-state index is 12.3. The van der Waals surface area contributed by atoms with E-state index in [0.717, 1.165) is 24.9 Å². The predicted octanol–water partition coefficient (Wildman–Crippen LogP) is 1.41. The van der Waals surface area contributed by atoms with Crippen LogP contribution < -0.4 is 10.6 Å². The molecule has 2 atom stereocenters. The van der Waals surface area contributed by atoms with Crippen molar-refractivity contribution in [1.29, 1.82) is 0 Å². The first-order valence-corrected chi connectivity index (χ1v) is 8.97. The van der Waals surface area contributed by atoms with Crippen LogP contribution in [0.25, 0.3) is 0 Å². The Bertz CT molecular complexity index is 617. The average Bonchev–Trinajstić information content (AvgIpc) is 2.86. The number of hydrogen-bond donors (Lipinski definition) is 2. The van der Waals surface area contributed by atoms with E-state index in [2.05, 4.69) is 10.6 Å². The molecule has 0 saturated carbocycles. The molecule has 2 unspecified atom stereocenters. The average molecular weight is 310 g/mol. The number of amides is 1. The van der Waals surface area contributed by atoms with Gasteiger partial charge in [-0.05, 0) is 50.9 Å². The molecule has 1 saturated heterocycles. The van der Waals surface area contributed by atoms with E-state index in [9.17, 15) is 13.2 Å². The fourth-order valence-corrected chi connectivity index (χ4v) is 3.16. The Labute approximate surface area is 126 Å². The molecule has 5 nitrogen and oxygen atoms in total. The van der Waals surface area contributed by atoms with Crippen LogP contribution in [0.15, 0.2) is 29.2 Å². The minimum absolute atomic E-state index is 0.0142. The lowest BCUT2D eigenvalue weighted by Gasteiger charge is -2.26. The number of carbonyl (C=O) groups is 1. The highest BCUT2D eigenvalue weighted by Crippen LogP contribution is 2.21. The molecule has 0 aromatic heterocycles. The molecule has 1 heterocycles. The molecule has 1 aliphatic rings. The zero-order valence-corrected chi connectivity index (χ0v) is 13.5. The fourth-order valence-electron chi connectivity index (χ4n) is 2.53. The van der Waals surface area contributed by atoms with Gasteiger partial charge in [-0.15, -0.1) is 0 Å². The van der Waals surface area contributed by atoms with Gasteiger partial charge in [0.15, 0.2) is 9.84 Å². The van der Waals surface area contributed by atoms with Gasteiger partial charge in [-0.3, -0.25) is 4.79 Å². The van der Waals surface area contributed by atoms with Gasteiger partial charge in [-0.1, -0.05) is 12.1 Å². The van der Waals surface area contributed by atoms with Gasteiger partial charge in [0, 0.05) is 6.26 Å². The molecule has 1 aliphatic heterocycles. The summed E-state index contributed by atoms with van der Waals surface area (Å²) in [6.45, 7) is 4.67.